The van der Waals surface area contributed by atoms with Crippen molar-refractivity contribution in [2.24, 2.45) is 0 Å². The maximum absolute atomic E-state index is 12.4. The summed E-state index contributed by atoms with van der Waals surface area (Å²) in [4.78, 5) is 12.4. The monoisotopic (exact) mass is 351 g/mol. The van der Waals surface area contributed by atoms with Gasteiger partial charge in [0, 0.05) is 13.7 Å². The van der Waals surface area contributed by atoms with Gasteiger partial charge in [-0.2, -0.15) is 0 Å². The summed E-state index contributed by atoms with van der Waals surface area (Å²) in [6, 6.07) is 9.11. The third kappa shape index (κ3) is 3.86. The quantitative estimate of drug-likeness (QED) is 0.772. The Morgan fingerprint density at radius 3 is 2.52 bits per heavy atom. The molecule has 2 heterocycles. The van der Waals surface area contributed by atoms with E-state index in [1.165, 1.54) is 7.11 Å². The highest BCUT2D eigenvalue weighted by atomic mass is 16.8. The van der Waals surface area contributed by atoms with Crippen LogP contribution in [0.5, 0.6) is 0 Å². The molecule has 0 saturated carbocycles. The van der Waals surface area contributed by atoms with Gasteiger partial charge < -0.3 is 23.7 Å². The van der Waals surface area contributed by atoms with Crippen LogP contribution in [0.1, 0.15) is 19.4 Å². The number of nitrogens with one attached hydrogen (secondary N) is 1. The zero-order valence-corrected chi connectivity index (χ0v) is 14.9. The molecular formula is C18H25NO6. The summed E-state index contributed by atoms with van der Waals surface area (Å²) < 4.78 is 28.1. The highest BCUT2D eigenvalue weighted by Gasteiger charge is 2.58. The minimum atomic E-state index is -0.756. The average Bonchev–Trinajstić information content (AvgIpc) is 3.09. The van der Waals surface area contributed by atoms with E-state index in [0.717, 1.165) is 5.56 Å². The molecule has 5 atom stereocenters. The molecular weight excluding hydrogens is 326 g/mol. The summed E-state index contributed by atoms with van der Waals surface area (Å²) in [5.41, 5.74) is 1.05. The number of carbonyl (C=O) groups is 1. The first-order valence-electron chi connectivity index (χ1n) is 8.34. The lowest BCUT2D eigenvalue weighted by molar-refractivity contribution is -0.230. The first-order chi connectivity index (χ1) is 11.9. The van der Waals surface area contributed by atoms with Gasteiger partial charge in [0.25, 0.3) is 0 Å². The third-order valence-electron chi connectivity index (χ3n) is 4.43. The van der Waals surface area contributed by atoms with E-state index in [0.29, 0.717) is 6.54 Å². The molecule has 7 nitrogen and oxygen atoms in total. The Labute approximate surface area is 147 Å². The highest BCUT2D eigenvalue weighted by Crippen LogP contribution is 2.40. The van der Waals surface area contributed by atoms with Crippen molar-refractivity contribution in [1.29, 1.82) is 0 Å². The van der Waals surface area contributed by atoms with E-state index in [4.69, 9.17) is 23.7 Å². The molecule has 2 saturated heterocycles. The number of carbonyl (C=O) groups excluding carboxylic acids is 1. The first-order valence-corrected chi connectivity index (χ1v) is 8.34. The van der Waals surface area contributed by atoms with Gasteiger partial charge in [0.05, 0.1) is 7.11 Å². The van der Waals surface area contributed by atoms with Gasteiger partial charge in [-0.25, -0.2) is 0 Å². The Kier molecular flexibility index (Phi) is 5.41. The van der Waals surface area contributed by atoms with Gasteiger partial charge in [-0.1, -0.05) is 30.3 Å². The maximum atomic E-state index is 12.4. The molecule has 0 aliphatic carbocycles. The summed E-state index contributed by atoms with van der Waals surface area (Å²) >= 11 is 0. The number of rotatable bonds is 6. The summed E-state index contributed by atoms with van der Waals surface area (Å²) in [5.74, 6) is -1.17. The molecule has 1 N–H and O–H groups in total. The Hall–Kier alpha value is -1.51. The van der Waals surface area contributed by atoms with Gasteiger partial charge in [0.2, 0.25) is 0 Å². The number of ether oxygens (including phenoxy) is 5. The lowest BCUT2D eigenvalue weighted by Gasteiger charge is -2.28. The van der Waals surface area contributed by atoms with E-state index in [9.17, 15) is 4.79 Å². The number of hydrogen-bond donors (Lipinski definition) is 1. The van der Waals surface area contributed by atoms with Crippen LogP contribution in [0, 0.1) is 0 Å². The van der Waals surface area contributed by atoms with Crippen LogP contribution in [-0.2, 0) is 35.0 Å². The molecule has 0 bridgehead atoms. The molecule has 2 fully saturated rings. The smallest absolute Gasteiger partial charge is 0.325 e. The van der Waals surface area contributed by atoms with Crippen LogP contribution >= 0.6 is 0 Å². The zero-order valence-electron chi connectivity index (χ0n) is 14.9. The second-order valence-electron chi connectivity index (χ2n) is 6.64. The maximum Gasteiger partial charge on any atom is 0.325 e. The van der Waals surface area contributed by atoms with Crippen LogP contribution in [0.25, 0.3) is 0 Å². The molecule has 2 aliphatic heterocycles. The largest absolute Gasteiger partial charge is 0.468 e. The summed E-state index contributed by atoms with van der Waals surface area (Å²) in [7, 11) is 2.90. The standard InChI is InChI=1S/C18H25NO6/c1-18(2)24-14-13(23-17(22-4)15(14)25-18)12(16(20)21-3)19-10-11-8-6-5-7-9-11/h5-9,12-15,17,19H,10H2,1-4H3/t12-,13-,14-,15-,17-/m1/s1. The van der Waals surface area contributed by atoms with E-state index < -0.39 is 42.4 Å². The van der Waals surface area contributed by atoms with E-state index in [2.05, 4.69) is 5.32 Å². The lowest BCUT2D eigenvalue weighted by atomic mass is 10.0. The van der Waals surface area contributed by atoms with Crippen LogP contribution in [0.2, 0.25) is 0 Å². The van der Waals surface area contributed by atoms with Gasteiger partial charge >= 0.3 is 5.97 Å². The van der Waals surface area contributed by atoms with Crippen molar-refractivity contribution in [3.05, 3.63) is 35.9 Å². The molecule has 0 amide bonds. The fourth-order valence-corrected chi connectivity index (χ4v) is 3.33. The number of hydrogen-bond acceptors (Lipinski definition) is 7. The van der Waals surface area contributed by atoms with Crippen molar-refractivity contribution in [3.63, 3.8) is 0 Å². The van der Waals surface area contributed by atoms with Gasteiger partial charge in [-0.15, -0.1) is 0 Å². The number of fused-ring (bicyclic) bond motifs is 1. The predicted octanol–water partition coefficient (Wildman–Crippen LogP) is 1.21. The molecule has 3 rings (SSSR count). The van der Waals surface area contributed by atoms with E-state index in [-0.39, 0.29) is 0 Å². The number of methoxy groups -OCH3 is 2. The van der Waals surface area contributed by atoms with Crippen LogP contribution < -0.4 is 5.32 Å². The number of esters is 1. The molecule has 1 aromatic carbocycles. The Balaban J connectivity index is 1.77. The van der Waals surface area contributed by atoms with Crippen molar-refractivity contribution >= 4 is 5.97 Å². The van der Waals surface area contributed by atoms with Gasteiger partial charge in [0.1, 0.15) is 24.4 Å². The van der Waals surface area contributed by atoms with Gasteiger partial charge in [0.15, 0.2) is 12.1 Å². The summed E-state index contributed by atoms with van der Waals surface area (Å²) in [5, 5.41) is 3.22. The second-order valence-corrected chi connectivity index (χ2v) is 6.64. The van der Waals surface area contributed by atoms with Gasteiger partial charge in [-0.05, 0) is 19.4 Å². The molecule has 0 radical (unpaired) electrons. The topological polar surface area (TPSA) is 75.3 Å². The Bertz CT molecular complexity index is 592. The molecule has 2 aliphatic rings. The second kappa shape index (κ2) is 7.39. The van der Waals surface area contributed by atoms with Crippen molar-refractivity contribution < 1.29 is 28.5 Å². The first kappa shape index (κ1) is 18.3. The van der Waals surface area contributed by atoms with E-state index in [1.807, 2.05) is 44.2 Å². The number of benzene rings is 1. The highest BCUT2D eigenvalue weighted by molar-refractivity contribution is 5.76. The minimum absolute atomic E-state index is 0.393. The Morgan fingerprint density at radius 2 is 1.88 bits per heavy atom. The van der Waals surface area contributed by atoms with Crippen molar-refractivity contribution in [3.8, 4) is 0 Å². The van der Waals surface area contributed by atoms with Crippen molar-refractivity contribution in [1.82, 2.24) is 5.32 Å². The summed E-state index contributed by atoms with van der Waals surface area (Å²) in [6.07, 6.45) is -1.99. The third-order valence-corrected chi connectivity index (χ3v) is 4.43. The Morgan fingerprint density at radius 1 is 1.20 bits per heavy atom. The molecule has 138 valence electrons. The molecule has 0 aromatic heterocycles. The van der Waals surface area contributed by atoms with Crippen molar-refractivity contribution in [2.45, 2.75) is 56.8 Å². The van der Waals surface area contributed by atoms with Crippen LogP contribution in [0.15, 0.2) is 30.3 Å². The van der Waals surface area contributed by atoms with Crippen LogP contribution in [-0.4, -0.2) is 56.6 Å². The molecule has 25 heavy (non-hydrogen) atoms. The predicted molar refractivity (Wildman–Crippen MR) is 88.6 cm³/mol. The van der Waals surface area contributed by atoms with Crippen LogP contribution in [0.4, 0.5) is 0 Å². The summed E-state index contributed by atoms with van der Waals surface area (Å²) in [6.45, 7) is 4.17. The SMILES string of the molecule is COC(=O)[C@H](NCc1ccccc1)[C@H]1O[C@@H](OC)[C@@H]2OC(C)(C)O[C@@H]21. The molecule has 0 spiro atoms. The van der Waals surface area contributed by atoms with E-state index in [1.54, 1.807) is 7.11 Å². The fraction of sp³-hybridized carbons (Fsp3) is 0.611. The normalized spacial score (nSPS) is 31.5. The zero-order chi connectivity index (χ0) is 18.0. The lowest BCUT2D eigenvalue weighted by Crippen LogP contribution is -2.51. The van der Waals surface area contributed by atoms with Crippen LogP contribution in [0.3, 0.4) is 0 Å². The minimum Gasteiger partial charge on any atom is -0.468 e. The fourth-order valence-electron chi connectivity index (χ4n) is 3.33. The molecule has 1 aromatic rings. The van der Waals surface area contributed by atoms with Gasteiger partial charge in [-0.3, -0.25) is 10.1 Å². The van der Waals surface area contributed by atoms with Crippen molar-refractivity contribution in [2.75, 3.05) is 14.2 Å². The van der Waals surface area contributed by atoms with E-state index >= 15 is 0 Å². The molecule has 7 heteroatoms. The molecule has 0 unspecified atom stereocenters. The average molecular weight is 351 g/mol.